The summed E-state index contributed by atoms with van der Waals surface area (Å²) >= 11 is 2.05. The molecule has 0 saturated carbocycles. The number of hydrogen-bond donors (Lipinski definition) is 1. The van der Waals surface area contributed by atoms with Gasteiger partial charge in [0.15, 0.2) is 0 Å². The molecule has 1 rings (SSSR count). The summed E-state index contributed by atoms with van der Waals surface area (Å²) in [6, 6.07) is 11.4. The Kier molecular flexibility index (Phi) is 4.96. The fourth-order valence-corrected chi connectivity index (χ4v) is 2.89. The van der Waals surface area contributed by atoms with E-state index in [1.165, 1.54) is 4.90 Å². The number of rotatable bonds is 4. The van der Waals surface area contributed by atoms with Crippen LogP contribution in [-0.2, 0) is 0 Å². The molecular formula is C13H15IN2O2. The SMILES string of the molecule is CCC(C)(C#N)N(C(=O)O)C(I)c1ccccc1. The fraction of sp³-hybridized carbons (Fsp3) is 0.385. The molecule has 0 fully saturated rings. The van der Waals surface area contributed by atoms with E-state index >= 15 is 0 Å². The molecule has 1 N–H and O–H groups in total. The van der Waals surface area contributed by atoms with Gasteiger partial charge in [0.2, 0.25) is 0 Å². The van der Waals surface area contributed by atoms with Gasteiger partial charge in [-0.25, -0.2) is 4.79 Å². The van der Waals surface area contributed by atoms with Crippen molar-refractivity contribution in [2.45, 2.75) is 29.9 Å². The molecule has 0 aliphatic rings. The zero-order chi connectivity index (χ0) is 13.8. The standard InChI is InChI=1S/C13H15IN2O2/c1-3-13(2,9-15)16(12(17)18)11(14)10-7-5-4-6-8-10/h4-8,11H,3H2,1-2H3,(H,17,18). The van der Waals surface area contributed by atoms with Crippen LogP contribution in [0.4, 0.5) is 4.79 Å². The first kappa shape index (κ1) is 14.8. The predicted molar refractivity (Wildman–Crippen MR) is 77.4 cm³/mol. The van der Waals surface area contributed by atoms with Crippen LogP contribution in [0.2, 0.25) is 0 Å². The summed E-state index contributed by atoms with van der Waals surface area (Å²) in [5.74, 6) is 0. The lowest BCUT2D eigenvalue weighted by molar-refractivity contribution is 0.102. The zero-order valence-corrected chi connectivity index (χ0v) is 12.5. The Balaban J connectivity index is 3.15. The minimum absolute atomic E-state index is 0.383. The van der Waals surface area contributed by atoms with Crippen molar-refractivity contribution in [1.82, 2.24) is 4.90 Å². The molecule has 1 aromatic carbocycles. The molecular weight excluding hydrogens is 343 g/mol. The maximum Gasteiger partial charge on any atom is 0.409 e. The van der Waals surface area contributed by atoms with Crippen LogP contribution < -0.4 is 0 Å². The summed E-state index contributed by atoms with van der Waals surface area (Å²) in [5, 5.41) is 18.6. The van der Waals surface area contributed by atoms with E-state index < -0.39 is 11.6 Å². The molecule has 0 radical (unpaired) electrons. The third kappa shape index (κ3) is 2.93. The van der Waals surface area contributed by atoms with Crippen LogP contribution in [0.25, 0.3) is 0 Å². The number of nitrogens with zero attached hydrogens (tertiary/aromatic N) is 2. The highest BCUT2D eigenvalue weighted by molar-refractivity contribution is 14.1. The monoisotopic (exact) mass is 358 g/mol. The first-order chi connectivity index (χ1) is 8.46. The first-order valence-electron chi connectivity index (χ1n) is 5.58. The van der Waals surface area contributed by atoms with Crippen LogP contribution in [0.15, 0.2) is 30.3 Å². The lowest BCUT2D eigenvalue weighted by Crippen LogP contribution is -2.48. The van der Waals surface area contributed by atoms with Crippen LogP contribution in [0.1, 0.15) is 29.9 Å². The average Bonchev–Trinajstić information content (AvgIpc) is 2.39. The van der Waals surface area contributed by atoms with E-state index in [9.17, 15) is 15.2 Å². The van der Waals surface area contributed by atoms with E-state index in [1.807, 2.05) is 37.3 Å². The van der Waals surface area contributed by atoms with Crippen LogP contribution in [-0.4, -0.2) is 21.6 Å². The van der Waals surface area contributed by atoms with Crippen LogP contribution in [0.5, 0.6) is 0 Å². The molecule has 4 nitrogen and oxygen atoms in total. The number of benzene rings is 1. The van der Waals surface area contributed by atoms with Crippen molar-refractivity contribution < 1.29 is 9.90 Å². The molecule has 0 bridgehead atoms. The van der Waals surface area contributed by atoms with E-state index in [2.05, 4.69) is 28.7 Å². The summed E-state index contributed by atoms with van der Waals surface area (Å²) < 4.78 is -0.383. The zero-order valence-electron chi connectivity index (χ0n) is 10.3. The lowest BCUT2D eigenvalue weighted by atomic mass is 9.98. The molecule has 0 aromatic heterocycles. The van der Waals surface area contributed by atoms with Gasteiger partial charge in [0.25, 0.3) is 0 Å². The molecule has 0 spiro atoms. The maximum absolute atomic E-state index is 11.4. The maximum atomic E-state index is 11.4. The summed E-state index contributed by atoms with van der Waals surface area (Å²) in [6.07, 6.45) is -0.633. The van der Waals surface area contributed by atoms with Gasteiger partial charge in [-0.1, -0.05) is 59.8 Å². The van der Waals surface area contributed by atoms with E-state index in [1.54, 1.807) is 6.92 Å². The third-order valence-corrected chi connectivity index (χ3v) is 4.24. The second kappa shape index (κ2) is 6.05. The average molecular weight is 358 g/mol. The third-order valence-electron chi connectivity index (χ3n) is 2.97. The Morgan fingerprint density at radius 1 is 1.56 bits per heavy atom. The highest BCUT2D eigenvalue weighted by atomic mass is 127. The van der Waals surface area contributed by atoms with Crippen molar-refractivity contribution >= 4 is 28.7 Å². The predicted octanol–water partition coefficient (Wildman–Crippen LogP) is 3.79. The van der Waals surface area contributed by atoms with E-state index in [0.717, 1.165) is 5.56 Å². The second-order valence-corrected chi connectivity index (χ2v) is 5.32. The highest BCUT2D eigenvalue weighted by Crippen LogP contribution is 2.35. The van der Waals surface area contributed by atoms with Crippen molar-refractivity contribution in [3.8, 4) is 6.07 Å². The van der Waals surface area contributed by atoms with Crippen LogP contribution in [0, 0.1) is 11.3 Å². The van der Waals surface area contributed by atoms with E-state index in [-0.39, 0.29) is 4.05 Å². The number of hydrogen-bond acceptors (Lipinski definition) is 2. The number of nitriles is 1. The quantitative estimate of drug-likeness (QED) is 0.506. The Morgan fingerprint density at radius 3 is 2.50 bits per heavy atom. The highest BCUT2D eigenvalue weighted by Gasteiger charge is 2.38. The number of halogens is 1. The number of carboxylic acid groups (broad SMARTS) is 1. The topological polar surface area (TPSA) is 64.3 Å². The van der Waals surface area contributed by atoms with Gasteiger partial charge in [-0.15, -0.1) is 0 Å². The largest absolute Gasteiger partial charge is 0.465 e. The molecule has 0 saturated heterocycles. The van der Waals surface area contributed by atoms with Crippen molar-refractivity contribution in [2.75, 3.05) is 0 Å². The summed E-state index contributed by atoms with van der Waals surface area (Å²) in [4.78, 5) is 12.7. The molecule has 5 heteroatoms. The van der Waals surface area contributed by atoms with Crippen molar-refractivity contribution in [1.29, 1.82) is 5.26 Å². The minimum atomic E-state index is -1.08. The first-order valence-corrected chi connectivity index (χ1v) is 6.83. The Morgan fingerprint density at radius 2 is 2.11 bits per heavy atom. The Bertz CT molecular complexity index is 458. The van der Waals surface area contributed by atoms with E-state index in [4.69, 9.17) is 0 Å². The van der Waals surface area contributed by atoms with Crippen molar-refractivity contribution in [3.05, 3.63) is 35.9 Å². The summed E-state index contributed by atoms with van der Waals surface area (Å²) in [7, 11) is 0. The van der Waals surface area contributed by atoms with Gasteiger partial charge in [0.05, 0.1) is 6.07 Å². The van der Waals surface area contributed by atoms with Gasteiger partial charge in [-0.05, 0) is 18.9 Å². The molecule has 1 aromatic rings. The number of alkyl halides is 1. The smallest absolute Gasteiger partial charge is 0.409 e. The van der Waals surface area contributed by atoms with Gasteiger partial charge in [-0.2, -0.15) is 5.26 Å². The minimum Gasteiger partial charge on any atom is -0.465 e. The Hall–Kier alpha value is -1.29. The van der Waals surface area contributed by atoms with Crippen LogP contribution >= 0.6 is 22.6 Å². The molecule has 18 heavy (non-hydrogen) atoms. The van der Waals surface area contributed by atoms with Gasteiger partial charge in [0.1, 0.15) is 9.59 Å². The molecule has 0 aliphatic heterocycles. The number of amides is 1. The van der Waals surface area contributed by atoms with Crippen molar-refractivity contribution in [2.24, 2.45) is 0 Å². The molecule has 96 valence electrons. The lowest BCUT2D eigenvalue weighted by Gasteiger charge is -2.36. The van der Waals surface area contributed by atoms with Gasteiger partial charge < -0.3 is 5.11 Å². The van der Waals surface area contributed by atoms with Gasteiger partial charge >= 0.3 is 6.09 Å². The molecule has 0 aliphatic carbocycles. The Labute approximate surface area is 120 Å². The molecule has 0 heterocycles. The molecule has 2 unspecified atom stereocenters. The summed E-state index contributed by atoms with van der Waals surface area (Å²) in [5.41, 5.74) is -0.150. The second-order valence-electron chi connectivity index (χ2n) is 4.14. The van der Waals surface area contributed by atoms with Gasteiger partial charge in [-0.3, -0.25) is 4.90 Å². The van der Waals surface area contributed by atoms with Crippen LogP contribution in [0.3, 0.4) is 0 Å². The molecule has 1 amide bonds. The molecule has 2 atom stereocenters. The number of carbonyl (C=O) groups is 1. The van der Waals surface area contributed by atoms with E-state index in [0.29, 0.717) is 6.42 Å². The normalized spacial score (nSPS) is 15.2. The van der Waals surface area contributed by atoms with Crippen molar-refractivity contribution in [3.63, 3.8) is 0 Å². The summed E-state index contributed by atoms with van der Waals surface area (Å²) in [6.45, 7) is 3.46. The van der Waals surface area contributed by atoms with Gasteiger partial charge in [0, 0.05) is 0 Å². The fourth-order valence-electron chi connectivity index (χ4n) is 1.62.